The average Bonchev–Trinajstić information content (AvgIpc) is 3.15. The molecule has 1 amide bonds. The number of allylic oxidation sites excluding steroid dienone is 2. The molecule has 2 N–H and O–H groups in total. The number of carbonyl (C=O) groups excluding carboxylic acids is 1. The van der Waals surface area contributed by atoms with E-state index in [9.17, 15) is 15.0 Å². The summed E-state index contributed by atoms with van der Waals surface area (Å²) in [6, 6.07) is 0. The summed E-state index contributed by atoms with van der Waals surface area (Å²) >= 11 is 6.68. The third-order valence-corrected chi connectivity index (χ3v) is 11.3. The lowest BCUT2D eigenvalue weighted by atomic mass is 9.51. The van der Waals surface area contributed by atoms with Crippen LogP contribution in [0.3, 0.4) is 0 Å². The maximum Gasteiger partial charge on any atom is 0.222 e. The standard InChI is InChI=1S/C34H54ClNO3/c1-4-5-20-36(3)31(38)15-13-11-9-7-6-8-10-12-14-24-21-25-22-26(37)16-17-27(25)28-18-19-34(2)29(32(24)28)23-30(35)33(34)39/h17,24,28-30,32-33,37,39H,4-15,18-23H2,1-3H3/t24-,28?,29?,30-,32?,33?,34+/m1/s1. The second-order valence-electron chi connectivity index (χ2n) is 13.5. The van der Waals surface area contributed by atoms with E-state index in [4.69, 9.17) is 11.6 Å². The van der Waals surface area contributed by atoms with Gasteiger partial charge in [0.2, 0.25) is 5.91 Å². The van der Waals surface area contributed by atoms with Crippen molar-refractivity contribution in [2.45, 2.75) is 134 Å². The smallest absolute Gasteiger partial charge is 0.222 e. The summed E-state index contributed by atoms with van der Waals surface area (Å²) in [6.45, 7) is 5.35. The first-order valence-corrected chi connectivity index (χ1v) is 16.6. The number of halogens is 1. The number of amides is 1. The van der Waals surface area contributed by atoms with E-state index in [1.807, 2.05) is 11.9 Å². The molecule has 7 atom stereocenters. The highest BCUT2D eigenvalue weighted by Gasteiger charge is 2.59. The molecule has 2 saturated carbocycles. The highest BCUT2D eigenvalue weighted by atomic mass is 35.5. The topological polar surface area (TPSA) is 60.8 Å². The Kier molecular flexibility index (Phi) is 11.1. The molecule has 4 aliphatic carbocycles. The van der Waals surface area contributed by atoms with Crippen LogP contribution in [-0.2, 0) is 4.79 Å². The second kappa shape index (κ2) is 14.1. The van der Waals surface area contributed by atoms with Gasteiger partial charge in [0.25, 0.3) is 0 Å². The lowest BCUT2D eigenvalue weighted by molar-refractivity contribution is -0.130. The molecule has 4 aliphatic rings. The van der Waals surface area contributed by atoms with Gasteiger partial charge in [0.1, 0.15) is 5.76 Å². The monoisotopic (exact) mass is 559 g/mol. The molecule has 39 heavy (non-hydrogen) atoms. The number of nitrogens with zero attached hydrogens (tertiary/aromatic N) is 1. The van der Waals surface area contributed by atoms with E-state index in [1.54, 1.807) is 0 Å². The van der Waals surface area contributed by atoms with Crippen LogP contribution in [0.4, 0.5) is 0 Å². The number of fused-ring (bicyclic) bond motifs is 4. The predicted molar refractivity (Wildman–Crippen MR) is 161 cm³/mol. The molecule has 2 fully saturated rings. The van der Waals surface area contributed by atoms with Crippen LogP contribution in [0.2, 0.25) is 0 Å². The van der Waals surface area contributed by atoms with E-state index in [-0.39, 0.29) is 10.8 Å². The van der Waals surface area contributed by atoms with E-state index in [0.29, 0.717) is 48.2 Å². The Morgan fingerprint density at radius 1 is 1.13 bits per heavy atom. The van der Waals surface area contributed by atoms with Crippen LogP contribution in [0.15, 0.2) is 28.7 Å². The first-order valence-electron chi connectivity index (χ1n) is 16.2. The first kappa shape index (κ1) is 30.7. The number of unbranched alkanes of at least 4 members (excludes halogenated alkanes) is 8. The van der Waals surface area contributed by atoms with Crippen molar-refractivity contribution in [3.63, 3.8) is 0 Å². The molecule has 0 spiro atoms. The van der Waals surface area contributed by atoms with E-state index in [2.05, 4.69) is 25.7 Å². The molecule has 220 valence electrons. The third kappa shape index (κ3) is 7.17. The lowest BCUT2D eigenvalue weighted by Gasteiger charge is -2.53. The predicted octanol–water partition coefficient (Wildman–Crippen LogP) is 8.48. The third-order valence-electron chi connectivity index (χ3n) is 10.9. The molecule has 0 bridgehead atoms. The summed E-state index contributed by atoms with van der Waals surface area (Å²) in [7, 11) is 1.94. The van der Waals surface area contributed by atoms with Crippen molar-refractivity contribution in [3.8, 4) is 0 Å². The van der Waals surface area contributed by atoms with Gasteiger partial charge in [0.05, 0.1) is 11.5 Å². The summed E-state index contributed by atoms with van der Waals surface area (Å²) in [4.78, 5) is 14.1. The highest BCUT2D eigenvalue weighted by molar-refractivity contribution is 6.21. The van der Waals surface area contributed by atoms with Gasteiger partial charge in [-0.25, -0.2) is 0 Å². The Balaban J connectivity index is 1.20. The molecular weight excluding hydrogens is 506 g/mol. The fourth-order valence-corrected chi connectivity index (χ4v) is 9.02. The number of rotatable bonds is 14. The molecule has 5 heteroatoms. The van der Waals surface area contributed by atoms with Gasteiger partial charge in [-0.1, -0.05) is 76.5 Å². The van der Waals surface area contributed by atoms with Gasteiger partial charge in [-0.3, -0.25) is 4.79 Å². The van der Waals surface area contributed by atoms with Crippen molar-refractivity contribution < 1.29 is 15.0 Å². The number of hydrogen-bond donors (Lipinski definition) is 2. The first-order chi connectivity index (χ1) is 18.8. The van der Waals surface area contributed by atoms with E-state index < -0.39 is 6.10 Å². The highest BCUT2D eigenvalue weighted by Crippen LogP contribution is 2.63. The van der Waals surface area contributed by atoms with Crippen LogP contribution >= 0.6 is 11.6 Å². The average molecular weight is 560 g/mol. The summed E-state index contributed by atoms with van der Waals surface area (Å²) in [5.74, 6) is 2.92. The SMILES string of the molecule is CCCCN(C)C(=O)CCCCCCCCCC[C@@H]1CC2=C(C=C=C(O)C2)C2CC[C@@]3(C)C(C[C@@H](Cl)C3O)C21. The molecule has 0 aromatic carbocycles. The maximum atomic E-state index is 12.2. The van der Waals surface area contributed by atoms with Crippen molar-refractivity contribution in [3.05, 3.63) is 28.7 Å². The van der Waals surface area contributed by atoms with Gasteiger partial charge >= 0.3 is 0 Å². The van der Waals surface area contributed by atoms with Gasteiger partial charge in [0.15, 0.2) is 0 Å². The molecule has 4 unspecified atom stereocenters. The summed E-state index contributed by atoms with van der Waals surface area (Å²) < 4.78 is 0. The molecule has 0 radical (unpaired) electrons. The quantitative estimate of drug-likeness (QED) is 0.127. The Labute approximate surface area is 243 Å². The minimum Gasteiger partial charge on any atom is -0.504 e. The molecule has 0 aromatic rings. The van der Waals surface area contributed by atoms with E-state index >= 15 is 0 Å². The van der Waals surface area contributed by atoms with Gasteiger partial charge in [-0.05, 0) is 85.7 Å². The van der Waals surface area contributed by atoms with Crippen LogP contribution in [-0.4, -0.2) is 46.1 Å². The fraction of sp³-hybridized carbons (Fsp3) is 0.824. The van der Waals surface area contributed by atoms with Crippen LogP contribution in [0.5, 0.6) is 0 Å². The van der Waals surface area contributed by atoms with Crippen LogP contribution < -0.4 is 0 Å². The summed E-state index contributed by atoms with van der Waals surface area (Å²) in [6.07, 6.45) is 20.6. The number of hydrogen-bond acceptors (Lipinski definition) is 3. The molecule has 0 heterocycles. The fourth-order valence-electron chi connectivity index (χ4n) is 8.54. The zero-order valence-corrected chi connectivity index (χ0v) is 25.7. The number of aliphatic hydroxyl groups excluding tert-OH is 2. The van der Waals surface area contributed by atoms with Crippen molar-refractivity contribution in [1.29, 1.82) is 0 Å². The Morgan fingerprint density at radius 2 is 1.82 bits per heavy atom. The number of aliphatic hydroxyl groups is 2. The Bertz CT molecular complexity index is 937. The number of carbonyl (C=O) groups is 1. The second-order valence-corrected chi connectivity index (χ2v) is 14.1. The Hall–Kier alpha value is -1.22. The van der Waals surface area contributed by atoms with Gasteiger partial charge in [-0.2, -0.15) is 0 Å². The van der Waals surface area contributed by atoms with Crippen molar-refractivity contribution in [2.75, 3.05) is 13.6 Å². The van der Waals surface area contributed by atoms with Crippen LogP contribution in [0.1, 0.15) is 123 Å². The van der Waals surface area contributed by atoms with E-state index in [0.717, 1.165) is 51.5 Å². The maximum absolute atomic E-state index is 12.2. The van der Waals surface area contributed by atoms with Crippen LogP contribution in [0.25, 0.3) is 0 Å². The summed E-state index contributed by atoms with van der Waals surface area (Å²) in [5.41, 5.74) is 5.94. The molecule has 4 rings (SSSR count). The Morgan fingerprint density at radius 3 is 2.54 bits per heavy atom. The van der Waals surface area contributed by atoms with Crippen molar-refractivity contribution in [1.82, 2.24) is 4.90 Å². The molecule has 0 aromatic heterocycles. The molecule has 4 nitrogen and oxygen atoms in total. The van der Waals surface area contributed by atoms with Crippen molar-refractivity contribution >= 4 is 17.5 Å². The van der Waals surface area contributed by atoms with Gasteiger partial charge in [-0.15, -0.1) is 11.6 Å². The minimum atomic E-state index is -0.396. The van der Waals surface area contributed by atoms with Gasteiger partial charge < -0.3 is 15.1 Å². The van der Waals surface area contributed by atoms with Crippen LogP contribution in [0, 0.1) is 29.1 Å². The largest absolute Gasteiger partial charge is 0.504 e. The minimum absolute atomic E-state index is 0.0597. The lowest BCUT2D eigenvalue weighted by Crippen LogP contribution is -2.48. The van der Waals surface area contributed by atoms with Gasteiger partial charge in [0, 0.05) is 26.4 Å². The number of alkyl halides is 1. The molecular formula is C34H54ClNO3. The zero-order chi connectivity index (χ0) is 28.0. The molecule has 0 saturated heterocycles. The normalized spacial score (nSPS) is 33.4. The van der Waals surface area contributed by atoms with E-state index in [1.165, 1.54) is 62.5 Å². The van der Waals surface area contributed by atoms with Crippen molar-refractivity contribution in [2.24, 2.45) is 29.1 Å². The zero-order valence-electron chi connectivity index (χ0n) is 24.9. The summed E-state index contributed by atoms with van der Waals surface area (Å²) in [5, 5.41) is 21.1. The molecule has 0 aliphatic heterocycles.